The molecule has 0 saturated carbocycles. The summed E-state index contributed by atoms with van der Waals surface area (Å²) in [4.78, 5) is 13.4. The van der Waals surface area contributed by atoms with Crippen LogP contribution in [0.2, 0.25) is 0 Å². The maximum Gasteiger partial charge on any atom is 0.197 e. The monoisotopic (exact) mass is 287 g/mol. The molecule has 0 amide bonds. The molecule has 105 valence electrons. The molecule has 0 aliphatic rings. The lowest BCUT2D eigenvalue weighted by molar-refractivity contribution is -0.208. The summed E-state index contributed by atoms with van der Waals surface area (Å²) >= 11 is 0. The first kappa shape index (κ1) is 12.7. The van der Waals surface area contributed by atoms with Crippen LogP contribution in [0.15, 0.2) is 66.7 Å². The number of hydrogen-bond acceptors (Lipinski definition) is 3. The Kier molecular flexibility index (Phi) is 2.95. The topological polar surface area (TPSA) is 54.9 Å². The maximum absolute atomic E-state index is 11.1. The molecule has 0 fully saturated rings. The van der Waals surface area contributed by atoms with Gasteiger partial charge in [-0.05, 0) is 24.3 Å². The van der Waals surface area contributed by atoms with E-state index in [4.69, 9.17) is 0 Å². The van der Waals surface area contributed by atoms with E-state index in [1.165, 1.54) is 0 Å². The van der Waals surface area contributed by atoms with Crippen LogP contribution in [0.4, 0.5) is 0 Å². The number of benzene rings is 2. The van der Waals surface area contributed by atoms with Crippen molar-refractivity contribution in [2.24, 2.45) is 0 Å². The molecular formula is C18H11N2O2. The van der Waals surface area contributed by atoms with Crippen molar-refractivity contribution in [3.05, 3.63) is 66.7 Å². The predicted octanol–water partition coefficient (Wildman–Crippen LogP) is 4.17. The van der Waals surface area contributed by atoms with Crippen LogP contribution in [0.1, 0.15) is 0 Å². The molecule has 0 unspecified atom stereocenters. The Morgan fingerprint density at radius 1 is 0.727 bits per heavy atom. The fourth-order valence-electron chi connectivity index (χ4n) is 2.54. The first-order valence-electron chi connectivity index (χ1n) is 6.91. The van der Waals surface area contributed by atoms with Gasteiger partial charge in [0.05, 0.1) is 16.7 Å². The van der Waals surface area contributed by atoms with E-state index >= 15 is 0 Å². The highest BCUT2D eigenvalue weighted by atomic mass is 17.1. The quantitative estimate of drug-likeness (QED) is 0.410. The van der Waals surface area contributed by atoms with Gasteiger partial charge in [0.1, 0.15) is 5.69 Å². The van der Waals surface area contributed by atoms with E-state index in [1.807, 2.05) is 60.7 Å². The van der Waals surface area contributed by atoms with E-state index in [-0.39, 0.29) is 5.75 Å². The maximum atomic E-state index is 11.1. The standard InChI is InChI=1S/C18H11N2O2/c21-22-17-11-13-6-2-4-8-15(13)20-18(17)16-10-9-12-5-1-3-7-14(12)19-16/h1-11H. The average Bonchev–Trinajstić information content (AvgIpc) is 2.60. The molecule has 4 heteroatoms. The van der Waals surface area contributed by atoms with Crippen LogP contribution >= 0.6 is 0 Å². The average molecular weight is 287 g/mol. The lowest BCUT2D eigenvalue weighted by Gasteiger charge is -2.07. The second-order valence-electron chi connectivity index (χ2n) is 5.00. The van der Waals surface area contributed by atoms with Gasteiger partial charge in [0.15, 0.2) is 5.75 Å². The van der Waals surface area contributed by atoms with Crippen molar-refractivity contribution in [2.45, 2.75) is 0 Å². The molecule has 2 aromatic carbocycles. The van der Waals surface area contributed by atoms with E-state index in [0.29, 0.717) is 11.4 Å². The van der Waals surface area contributed by atoms with Crippen LogP contribution in [0.5, 0.6) is 5.75 Å². The highest BCUT2D eigenvalue weighted by Gasteiger charge is 2.13. The van der Waals surface area contributed by atoms with Crippen LogP contribution in [0, 0.1) is 0 Å². The van der Waals surface area contributed by atoms with Crippen molar-refractivity contribution < 1.29 is 10.1 Å². The summed E-state index contributed by atoms with van der Waals surface area (Å²) in [6.07, 6.45) is 0. The van der Waals surface area contributed by atoms with Crippen molar-refractivity contribution in [3.63, 3.8) is 0 Å². The molecule has 0 aliphatic heterocycles. The van der Waals surface area contributed by atoms with Gasteiger partial charge >= 0.3 is 0 Å². The van der Waals surface area contributed by atoms with Crippen molar-refractivity contribution in [3.8, 4) is 17.1 Å². The number of fused-ring (bicyclic) bond motifs is 2. The van der Waals surface area contributed by atoms with Gasteiger partial charge in [-0.15, -0.1) is 0 Å². The number of nitrogens with zero attached hydrogens (tertiary/aromatic N) is 2. The molecule has 0 spiro atoms. The Morgan fingerprint density at radius 2 is 1.41 bits per heavy atom. The fourth-order valence-corrected chi connectivity index (χ4v) is 2.54. The van der Waals surface area contributed by atoms with Gasteiger partial charge < -0.3 is 4.89 Å². The van der Waals surface area contributed by atoms with Crippen LogP contribution in [-0.2, 0) is 5.26 Å². The Bertz CT molecular complexity index is 983. The smallest absolute Gasteiger partial charge is 0.197 e. The van der Waals surface area contributed by atoms with Gasteiger partial charge in [-0.2, -0.15) is 0 Å². The predicted molar refractivity (Wildman–Crippen MR) is 83.8 cm³/mol. The zero-order chi connectivity index (χ0) is 14.9. The minimum Gasteiger partial charge on any atom is -0.303 e. The van der Waals surface area contributed by atoms with Crippen LogP contribution in [-0.4, -0.2) is 9.97 Å². The number of rotatable bonds is 2. The van der Waals surface area contributed by atoms with E-state index in [0.717, 1.165) is 21.8 Å². The van der Waals surface area contributed by atoms with Gasteiger partial charge in [-0.1, -0.05) is 42.5 Å². The van der Waals surface area contributed by atoms with Gasteiger partial charge in [0, 0.05) is 16.0 Å². The highest BCUT2D eigenvalue weighted by molar-refractivity contribution is 5.86. The van der Waals surface area contributed by atoms with E-state index < -0.39 is 0 Å². The largest absolute Gasteiger partial charge is 0.303 e. The first-order chi connectivity index (χ1) is 10.8. The van der Waals surface area contributed by atoms with E-state index in [9.17, 15) is 5.26 Å². The van der Waals surface area contributed by atoms with Crippen LogP contribution < -0.4 is 4.89 Å². The Labute approximate surface area is 126 Å². The van der Waals surface area contributed by atoms with Crippen molar-refractivity contribution >= 4 is 21.8 Å². The minimum absolute atomic E-state index is 0.182. The lowest BCUT2D eigenvalue weighted by atomic mass is 10.1. The molecular weight excluding hydrogens is 276 g/mol. The van der Waals surface area contributed by atoms with Gasteiger partial charge in [0.25, 0.3) is 0 Å². The highest BCUT2D eigenvalue weighted by Crippen LogP contribution is 2.31. The Morgan fingerprint density at radius 3 is 2.18 bits per heavy atom. The molecule has 2 heterocycles. The first-order valence-corrected chi connectivity index (χ1v) is 6.91. The summed E-state index contributed by atoms with van der Waals surface area (Å²) < 4.78 is 0. The molecule has 22 heavy (non-hydrogen) atoms. The van der Waals surface area contributed by atoms with Crippen molar-refractivity contribution in [1.82, 2.24) is 9.97 Å². The number of para-hydroxylation sites is 2. The fraction of sp³-hybridized carbons (Fsp3) is 0. The summed E-state index contributed by atoms with van der Waals surface area (Å²) in [6, 6.07) is 20.9. The molecule has 4 aromatic rings. The molecule has 1 radical (unpaired) electrons. The lowest BCUT2D eigenvalue weighted by Crippen LogP contribution is -1.94. The number of pyridine rings is 2. The summed E-state index contributed by atoms with van der Waals surface area (Å²) in [5, 5.41) is 13.0. The van der Waals surface area contributed by atoms with Crippen molar-refractivity contribution in [1.29, 1.82) is 0 Å². The summed E-state index contributed by atoms with van der Waals surface area (Å²) in [5.74, 6) is 0.182. The molecule has 0 aliphatic carbocycles. The third-order valence-electron chi connectivity index (χ3n) is 3.62. The molecule has 4 nitrogen and oxygen atoms in total. The third-order valence-corrected chi connectivity index (χ3v) is 3.62. The Hall–Kier alpha value is -2.98. The van der Waals surface area contributed by atoms with E-state index in [1.54, 1.807) is 6.07 Å². The summed E-state index contributed by atoms with van der Waals surface area (Å²) in [5.41, 5.74) is 2.73. The number of hydrogen-bond donors (Lipinski definition) is 0. The molecule has 0 atom stereocenters. The molecule has 4 rings (SSSR count). The SMILES string of the molecule is [O]Oc1cc2ccccc2nc1-c1ccc2ccccc2n1. The summed E-state index contributed by atoms with van der Waals surface area (Å²) in [6.45, 7) is 0. The molecule has 0 bridgehead atoms. The van der Waals surface area contributed by atoms with E-state index in [2.05, 4.69) is 14.9 Å². The van der Waals surface area contributed by atoms with Crippen LogP contribution in [0.3, 0.4) is 0 Å². The Balaban J connectivity index is 1.97. The van der Waals surface area contributed by atoms with Gasteiger partial charge in [0.2, 0.25) is 0 Å². The van der Waals surface area contributed by atoms with Crippen molar-refractivity contribution in [2.75, 3.05) is 0 Å². The van der Waals surface area contributed by atoms with Crippen LogP contribution in [0.25, 0.3) is 33.2 Å². The van der Waals surface area contributed by atoms with Gasteiger partial charge in [-0.3, -0.25) is 0 Å². The minimum atomic E-state index is 0.182. The number of aromatic nitrogens is 2. The molecule has 0 N–H and O–H groups in total. The normalized spacial score (nSPS) is 11.0. The van der Waals surface area contributed by atoms with Gasteiger partial charge in [-0.25, -0.2) is 9.97 Å². The third kappa shape index (κ3) is 2.06. The molecule has 2 aromatic heterocycles. The summed E-state index contributed by atoms with van der Waals surface area (Å²) in [7, 11) is 0. The zero-order valence-electron chi connectivity index (χ0n) is 11.6. The second kappa shape index (κ2) is 5.09. The molecule has 0 saturated heterocycles. The second-order valence-corrected chi connectivity index (χ2v) is 5.00. The zero-order valence-corrected chi connectivity index (χ0v) is 11.6.